The van der Waals surface area contributed by atoms with Crippen LogP contribution in [0.5, 0.6) is 0 Å². The molecule has 0 saturated heterocycles. The summed E-state index contributed by atoms with van der Waals surface area (Å²) in [5, 5.41) is 3.41. The molecule has 3 rings (SSSR count). The molecule has 0 unspecified atom stereocenters. The Morgan fingerprint density at radius 2 is 1.61 bits per heavy atom. The number of rotatable bonds is 12. The lowest BCUT2D eigenvalue weighted by molar-refractivity contribution is -0.141. The van der Waals surface area contributed by atoms with Crippen molar-refractivity contribution in [3.05, 3.63) is 101 Å². The highest BCUT2D eigenvalue weighted by Gasteiger charge is 2.33. The van der Waals surface area contributed by atoms with Gasteiger partial charge in [0.15, 0.2) is 0 Å². The van der Waals surface area contributed by atoms with Gasteiger partial charge in [0.05, 0.1) is 11.4 Å². The summed E-state index contributed by atoms with van der Waals surface area (Å²) in [6.45, 7) is 3.95. The van der Waals surface area contributed by atoms with E-state index < -0.39 is 28.5 Å². The first kappa shape index (κ1) is 29.4. The number of amides is 2. The van der Waals surface area contributed by atoms with Gasteiger partial charge in [-0.15, -0.1) is 0 Å². The van der Waals surface area contributed by atoms with Crippen LogP contribution in [0.4, 0.5) is 0 Å². The molecule has 0 aliphatic rings. The SMILES string of the molecule is CCCNC(=O)[C@@H](Cc1ccccc1)N(Cc1cccc(Cl)c1)C(=O)CN(C)S(=O)(=O)c1ccc(C)cc1. The molecule has 1 N–H and O–H groups in total. The minimum atomic E-state index is -3.92. The maximum atomic E-state index is 13.8. The summed E-state index contributed by atoms with van der Waals surface area (Å²) >= 11 is 6.20. The molecule has 0 saturated carbocycles. The molecule has 2 amide bonds. The van der Waals surface area contributed by atoms with Crippen LogP contribution in [-0.4, -0.2) is 55.6 Å². The number of carbonyl (C=O) groups is 2. The third-order valence-electron chi connectivity index (χ3n) is 6.15. The van der Waals surface area contributed by atoms with Crippen molar-refractivity contribution in [1.29, 1.82) is 0 Å². The van der Waals surface area contributed by atoms with Gasteiger partial charge in [0.25, 0.3) is 0 Å². The van der Waals surface area contributed by atoms with E-state index in [2.05, 4.69) is 5.32 Å². The molecular weight excluding hydrogens is 522 g/mol. The molecule has 202 valence electrons. The van der Waals surface area contributed by atoms with Crippen molar-refractivity contribution in [2.45, 2.75) is 44.2 Å². The first-order valence-electron chi connectivity index (χ1n) is 12.5. The Morgan fingerprint density at radius 3 is 2.24 bits per heavy atom. The summed E-state index contributed by atoms with van der Waals surface area (Å²) in [6.07, 6.45) is 1.01. The van der Waals surface area contributed by atoms with Crippen molar-refractivity contribution >= 4 is 33.4 Å². The topological polar surface area (TPSA) is 86.8 Å². The Balaban J connectivity index is 1.96. The molecule has 38 heavy (non-hydrogen) atoms. The van der Waals surface area contributed by atoms with E-state index in [1.54, 1.807) is 30.3 Å². The van der Waals surface area contributed by atoms with Gasteiger partial charge in [-0.1, -0.05) is 78.7 Å². The lowest BCUT2D eigenvalue weighted by Gasteiger charge is -2.32. The number of benzene rings is 3. The molecule has 0 aliphatic heterocycles. The fourth-order valence-corrected chi connectivity index (χ4v) is 5.34. The number of hydrogen-bond acceptors (Lipinski definition) is 4. The van der Waals surface area contributed by atoms with Crippen molar-refractivity contribution in [2.75, 3.05) is 20.1 Å². The highest BCUT2D eigenvalue weighted by atomic mass is 35.5. The minimum Gasteiger partial charge on any atom is -0.354 e. The summed E-state index contributed by atoms with van der Waals surface area (Å²) < 4.78 is 27.4. The van der Waals surface area contributed by atoms with E-state index >= 15 is 0 Å². The molecule has 0 fully saturated rings. The van der Waals surface area contributed by atoms with Crippen LogP contribution in [0.1, 0.15) is 30.0 Å². The fourth-order valence-electron chi connectivity index (χ4n) is 4.01. The fraction of sp³-hybridized carbons (Fsp3) is 0.310. The molecule has 0 aliphatic carbocycles. The lowest BCUT2D eigenvalue weighted by Crippen LogP contribution is -2.53. The van der Waals surface area contributed by atoms with E-state index in [0.29, 0.717) is 11.6 Å². The highest BCUT2D eigenvalue weighted by molar-refractivity contribution is 7.89. The van der Waals surface area contributed by atoms with Gasteiger partial charge >= 0.3 is 0 Å². The summed E-state index contributed by atoms with van der Waals surface area (Å²) in [6, 6.07) is 22.1. The zero-order valence-electron chi connectivity index (χ0n) is 21.9. The number of carbonyl (C=O) groups excluding carboxylic acids is 2. The van der Waals surface area contributed by atoms with Crippen molar-refractivity contribution in [1.82, 2.24) is 14.5 Å². The second-order valence-corrected chi connectivity index (χ2v) is 11.7. The standard InChI is InChI=1S/C29H34ClN3O4S/c1-4-17-31-29(35)27(19-23-9-6-5-7-10-23)33(20-24-11-8-12-25(30)18-24)28(34)21-32(3)38(36,37)26-15-13-22(2)14-16-26/h5-16,18,27H,4,17,19-21H2,1-3H3,(H,31,35)/t27-/m1/s1. The summed E-state index contributed by atoms with van der Waals surface area (Å²) in [5.74, 6) is -0.786. The van der Waals surface area contributed by atoms with Gasteiger partial charge in [0, 0.05) is 31.6 Å². The van der Waals surface area contributed by atoms with Crippen LogP contribution in [-0.2, 0) is 32.6 Å². The average molecular weight is 556 g/mol. The molecule has 3 aromatic rings. The van der Waals surface area contributed by atoms with Crippen molar-refractivity contribution in [2.24, 2.45) is 0 Å². The first-order valence-corrected chi connectivity index (χ1v) is 14.3. The first-order chi connectivity index (χ1) is 18.1. The molecule has 0 radical (unpaired) electrons. The monoisotopic (exact) mass is 555 g/mol. The summed E-state index contributed by atoms with van der Waals surface area (Å²) in [5.41, 5.74) is 2.54. The third kappa shape index (κ3) is 7.90. The molecule has 1 atom stereocenters. The molecule has 0 heterocycles. The van der Waals surface area contributed by atoms with Crippen molar-refractivity contribution in [3.63, 3.8) is 0 Å². The number of nitrogens with zero attached hydrogens (tertiary/aromatic N) is 2. The number of aryl methyl sites for hydroxylation is 1. The maximum Gasteiger partial charge on any atom is 0.243 e. The van der Waals surface area contributed by atoms with Gasteiger partial charge in [0.1, 0.15) is 6.04 Å². The van der Waals surface area contributed by atoms with Crippen molar-refractivity contribution in [3.8, 4) is 0 Å². The third-order valence-corrected chi connectivity index (χ3v) is 8.20. The Hall–Kier alpha value is -3.20. The van der Waals surface area contributed by atoms with Gasteiger partial charge in [-0.2, -0.15) is 4.31 Å². The summed E-state index contributed by atoms with van der Waals surface area (Å²) in [7, 11) is -2.55. The second-order valence-electron chi connectivity index (χ2n) is 9.22. The van der Waals surface area contributed by atoms with Gasteiger partial charge < -0.3 is 10.2 Å². The van der Waals surface area contributed by atoms with Gasteiger partial charge in [-0.3, -0.25) is 9.59 Å². The van der Waals surface area contributed by atoms with E-state index in [9.17, 15) is 18.0 Å². The van der Waals surface area contributed by atoms with Crippen LogP contribution < -0.4 is 5.32 Å². The smallest absolute Gasteiger partial charge is 0.243 e. The van der Waals surface area contributed by atoms with Gasteiger partial charge in [-0.05, 0) is 48.7 Å². The van der Waals surface area contributed by atoms with Gasteiger partial charge in [0.2, 0.25) is 21.8 Å². The molecule has 0 spiro atoms. The Labute approximate surface area is 230 Å². The number of hydrogen-bond donors (Lipinski definition) is 1. The zero-order chi connectivity index (χ0) is 27.7. The molecule has 0 aromatic heterocycles. The minimum absolute atomic E-state index is 0.0921. The number of likely N-dealkylation sites (N-methyl/N-ethyl adjacent to an activating group) is 1. The Kier molecular flexibility index (Phi) is 10.5. The van der Waals surface area contributed by atoms with Gasteiger partial charge in [-0.25, -0.2) is 8.42 Å². The van der Waals surface area contributed by atoms with E-state index in [-0.39, 0.29) is 23.8 Å². The predicted molar refractivity (Wildman–Crippen MR) is 150 cm³/mol. The molecule has 3 aromatic carbocycles. The van der Waals surface area contributed by atoms with Crippen LogP contribution in [0, 0.1) is 6.92 Å². The largest absolute Gasteiger partial charge is 0.354 e. The maximum absolute atomic E-state index is 13.8. The van der Waals surface area contributed by atoms with E-state index in [4.69, 9.17) is 11.6 Å². The van der Waals surface area contributed by atoms with Crippen LogP contribution in [0.25, 0.3) is 0 Å². The number of sulfonamides is 1. The summed E-state index contributed by atoms with van der Waals surface area (Å²) in [4.78, 5) is 28.7. The number of nitrogens with one attached hydrogen (secondary N) is 1. The van der Waals surface area contributed by atoms with Crippen LogP contribution in [0.2, 0.25) is 5.02 Å². The Bertz CT molecular complexity index is 1330. The Morgan fingerprint density at radius 1 is 0.947 bits per heavy atom. The molecule has 7 nitrogen and oxygen atoms in total. The van der Waals surface area contributed by atoms with Crippen LogP contribution in [0.3, 0.4) is 0 Å². The molecule has 0 bridgehead atoms. The second kappa shape index (κ2) is 13.6. The van der Waals surface area contributed by atoms with E-state index in [0.717, 1.165) is 27.4 Å². The number of halogens is 1. The van der Waals surface area contributed by atoms with E-state index in [1.165, 1.54) is 24.1 Å². The predicted octanol–water partition coefficient (Wildman–Crippen LogP) is 4.44. The average Bonchev–Trinajstić information content (AvgIpc) is 2.90. The van der Waals surface area contributed by atoms with Crippen LogP contribution >= 0.6 is 11.6 Å². The molecule has 9 heteroatoms. The van der Waals surface area contributed by atoms with E-state index in [1.807, 2.05) is 50.2 Å². The normalized spacial score (nSPS) is 12.2. The lowest BCUT2D eigenvalue weighted by atomic mass is 10.0. The van der Waals surface area contributed by atoms with Crippen molar-refractivity contribution < 1.29 is 18.0 Å². The van der Waals surface area contributed by atoms with Crippen LogP contribution in [0.15, 0.2) is 83.8 Å². The molecular formula is C29H34ClN3O4S. The quantitative estimate of drug-likeness (QED) is 0.358. The zero-order valence-corrected chi connectivity index (χ0v) is 23.5. The highest BCUT2D eigenvalue weighted by Crippen LogP contribution is 2.20.